The van der Waals surface area contributed by atoms with E-state index in [1.165, 1.54) is 0 Å². The molecule has 0 aliphatic heterocycles. The molecule has 2 aromatic heterocycles. The fraction of sp³-hybridized carbons (Fsp3) is 0.308. The molecule has 2 N–H and O–H groups in total. The number of amides is 1. The van der Waals surface area contributed by atoms with E-state index in [0.717, 1.165) is 11.3 Å². The molecule has 2 rings (SSSR count). The average molecular weight is 244 g/mol. The molecule has 0 unspecified atom stereocenters. The Labute approximate surface area is 106 Å². The van der Waals surface area contributed by atoms with Gasteiger partial charge in [-0.1, -0.05) is 0 Å². The summed E-state index contributed by atoms with van der Waals surface area (Å²) in [4.78, 5) is 15.3. The maximum atomic E-state index is 11.3. The van der Waals surface area contributed by atoms with Crippen LogP contribution in [0.5, 0.6) is 0 Å². The molecular weight excluding hydrogens is 228 g/mol. The minimum atomic E-state index is -0.525. The average Bonchev–Trinajstić information content (AvgIpc) is 2.74. The monoisotopic (exact) mass is 244 g/mol. The van der Waals surface area contributed by atoms with E-state index in [2.05, 4.69) is 10.1 Å². The Kier molecular flexibility index (Phi) is 2.90. The smallest absolute Gasteiger partial charge is 0.269 e. The highest BCUT2D eigenvalue weighted by Crippen LogP contribution is 2.25. The van der Waals surface area contributed by atoms with Gasteiger partial charge < -0.3 is 5.73 Å². The number of primary amides is 1. The van der Waals surface area contributed by atoms with Gasteiger partial charge in [0.15, 0.2) is 5.69 Å². The van der Waals surface area contributed by atoms with Gasteiger partial charge in [-0.05, 0) is 39.0 Å². The Morgan fingerprint density at radius 1 is 1.39 bits per heavy atom. The summed E-state index contributed by atoms with van der Waals surface area (Å²) < 4.78 is 1.80. The minimum Gasteiger partial charge on any atom is -0.364 e. The third-order valence-electron chi connectivity index (χ3n) is 2.55. The molecule has 0 radical (unpaired) electrons. The molecule has 2 heterocycles. The molecule has 0 saturated heterocycles. The van der Waals surface area contributed by atoms with E-state index in [-0.39, 0.29) is 11.2 Å². The van der Waals surface area contributed by atoms with Crippen LogP contribution >= 0.6 is 0 Å². The Balaban J connectivity index is 2.62. The number of rotatable bonds is 2. The van der Waals surface area contributed by atoms with E-state index in [1.807, 2.05) is 32.9 Å². The zero-order chi connectivity index (χ0) is 13.3. The van der Waals surface area contributed by atoms with Crippen molar-refractivity contribution in [3.05, 3.63) is 36.3 Å². The van der Waals surface area contributed by atoms with Crippen LogP contribution in [0.1, 0.15) is 31.3 Å². The number of carbonyl (C=O) groups is 1. The van der Waals surface area contributed by atoms with Gasteiger partial charge in [-0.15, -0.1) is 0 Å². The maximum Gasteiger partial charge on any atom is 0.269 e. The molecule has 2 aromatic rings. The molecule has 0 aliphatic carbocycles. The predicted molar refractivity (Wildman–Crippen MR) is 69.0 cm³/mol. The van der Waals surface area contributed by atoms with Gasteiger partial charge in [0, 0.05) is 18.0 Å². The number of carbonyl (C=O) groups excluding carboxylic acids is 1. The van der Waals surface area contributed by atoms with Crippen LogP contribution in [0.4, 0.5) is 0 Å². The Bertz CT molecular complexity index is 566. The normalized spacial score (nSPS) is 11.5. The lowest BCUT2D eigenvalue weighted by atomic mass is 10.1. The summed E-state index contributed by atoms with van der Waals surface area (Å²) in [5, 5.41) is 4.27. The number of aromatic nitrogens is 3. The van der Waals surface area contributed by atoms with Gasteiger partial charge in [0.05, 0.1) is 11.2 Å². The van der Waals surface area contributed by atoms with E-state index in [9.17, 15) is 4.79 Å². The Hall–Kier alpha value is -2.17. The van der Waals surface area contributed by atoms with Crippen LogP contribution in [0.25, 0.3) is 11.3 Å². The van der Waals surface area contributed by atoms with Gasteiger partial charge in [0.1, 0.15) is 0 Å². The van der Waals surface area contributed by atoms with Gasteiger partial charge in [0.25, 0.3) is 5.91 Å². The summed E-state index contributed by atoms with van der Waals surface area (Å²) >= 11 is 0. The first-order chi connectivity index (χ1) is 8.39. The van der Waals surface area contributed by atoms with Crippen molar-refractivity contribution in [3.63, 3.8) is 0 Å². The minimum absolute atomic E-state index is 0.237. The van der Waals surface area contributed by atoms with Crippen LogP contribution in [-0.2, 0) is 5.54 Å². The van der Waals surface area contributed by atoms with Crippen molar-refractivity contribution in [2.24, 2.45) is 5.73 Å². The molecule has 0 fully saturated rings. The molecule has 1 amide bonds. The Morgan fingerprint density at radius 2 is 2.11 bits per heavy atom. The van der Waals surface area contributed by atoms with E-state index in [4.69, 9.17) is 5.73 Å². The topological polar surface area (TPSA) is 73.8 Å². The first-order valence-electron chi connectivity index (χ1n) is 5.70. The highest BCUT2D eigenvalue weighted by atomic mass is 16.1. The zero-order valence-electron chi connectivity index (χ0n) is 10.7. The van der Waals surface area contributed by atoms with Crippen LogP contribution < -0.4 is 5.73 Å². The molecule has 0 aliphatic rings. The van der Waals surface area contributed by atoms with Crippen molar-refractivity contribution in [2.45, 2.75) is 26.3 Å². The molecule has 0 bridgehead atoms. The first-order valence-corrected chi connectivity index (χ1v) is 5.70. The van der Waals surface area contributed by atoms with E-state index < -0.39 is 5.91 Å². The maximum absolute atomic E-state index is 11.3. The Morgan fingerprint density at radius 3 is 2.61 bits per heavy atom. The fourth-order valence-electron chi connectivity index (χ4n) is 1.73. The highest BCUT2D eigenvalue weighted by Gasteiger charge is 2.22. The third-order valence-corrected chi connectivity index (χ3v) is 2.55. The molecule has 5 nitrogen and oxygen atoms in total. The standard InChI is InChI=1S/C13H16N4O/c1-13(2,3)17-11(7-10(16-17)12(14)18)9-5-4-6-15-8-9/h4-8H,1-3H3,(H2,14,18). The SMILES string of the molecule is CC(C)(C)n1nc(C(N)=O)cc1-c1cccnc1. The van der Waals surface area contributed by atoms with Gasteiger partial charge in [-0.25, -0.2) is 0 Å². The number of nitrogens with two attached hydrogens (primary N) is 1. The summed E-state index contributed by atoms with van der Waals surface area (Å²) in [6, 6.07) is 5.47. The number of hydrogen-bond donors (Lipinski definition) is 1. The quantitative estimate of drug-likeness (QED) is 0.875. The summed E-state index contributed by atoms with van der Waals surface area (Å²) in [7, 11) is 0. The van der Waals surface area contributed by atoms with Crippen molar-refractivity contribution in [2.75, 3.05) is 0 Å². The molecule has 5 heteroatoms. The van der Waals surface area contributed by atoms with Gasteiger partial charge in [-0.3, -0.25) is 14.5 Å². The van der Waals surface area contributed by atoms with E-state index in [1.54, 1.807) is 23.1 Å². The van der Waals surface area contributed by atoms with Gasteiger partial charge in [-0.2, -0.15) is 5.10 Å². The number of hydrogen-bond acceptors (Lipinski definition) is 3. The van der Waals surface area contributed by atoms with Crippen molar-refractivity contribution in [1.29, 1.82) is 0 Å². The second-order valence-electron chi connectivity index (χ2n) is 5.10. The molecule has 94 valence electrons. The first kappa shape index (κ1) is 12.3. The summed E-state index contributed by atoms with van der Waals surface area (Å²) in [6.07, 6.45) is 3.44. The van der Waals surface area contributed by atoms with Crippen molar-refractivity contribution in [3.8, 4) is 11.3 Å². The van der Waals surface area contributed by atoms with Crippen LogP contribution in [-0.4, -0.2) is 20.7 Å². The fourth-order valence-corrected chi connectivity index (χ4v) is 1.73. The lowest BCUT2D eigenvalue weighted by molar-refractivity contribution is 0.0994. The molecule has 18 heavy (non-hydrogen) atoms. The lowest BCUT2D eigenvalue weighted by Gasteiger charge is -2.22. The summed E-state index contributed by atoms with van der Waals surface area (Å²) in [5.74, 6) is -0.525. The van der Waals surface area contributed by atoms with E-state index >= 15 is 0 Å². The molecule has 0 atom stereocenters. The molecule has 0 spiro atoms. The zero-order valence-corrected chi connectivity index (χ0v) is 10.7. The number of nitrogens with zero attached hydrogens (tertiary/aromatic N) is 3. The second kappa shape index (κ2) is 4.25. The van der Waals surface area contributed by atoms with Crippen LogP contribution in [0.15, 0.2) is 30.6 Å². The second-order valence-corrected chi connectivity index (χ2v) is 5.10. The van der Waals surface area contributed by atoms with Crippen molar-refractivity contribution in [1.82, 2.24) is 14.8 Å². The van der Waals surface area contributed by atoms with Crippen LogP contribution in [0.3, 0.4) is 0 Å². The largest absolute Gasteiger partial charge is 0.364 e. The molecule has 0 aromatic carbocycles. The van der Waals surface area contributed by atoms with Crippen LogP contribution in [0, 0.1) is 0 Å². The van der Waals surface area contributed by atoms with Crippen molar-refractivity contribution < 1.29 is 4.79 Å². The molecular formula is C13H16N4O. The molecule has 0 saturated carbocycles. The number of pyridine rings is 1. The predicted octanol–water partition coefficient (Wildman–Crippen LogP) is 1.80. The van der Waals surface area contributed by atoms with Gasteiger partial charge >= 0.3 is 0 Å². The lowest BCUT2D eigenvalue weighted by Crippen LogP contribution is -2.25. The van der Waals surface area contributed by atoms with Crippen LogP contribution in [0.2, 0.25) is 0 Å². The summed E-state index contributed by atoms with van der Waals surface area (Å²) in [6.45, 7) is 6.06. The van der Waals surface area contributed by atoms with Crippen molar-refractivity contribution >= 4 is 5.91 Å². The van der Waals surface area contributed by atoms with E-state index in [0.29, 0.717) is 0 Å². The third kappa shape index (κ3) is 2.25. The van der Waals surface area contributed by atoms with Gasteiger partial charge in [0.2, 0.25) is 0 Å². The highest BCUT2D eigenvalue weighted by molar-refractivity contribution is 5.92. The summed E-state index contributed by atoms with van der Waals surface area (Å²) in [5.41, 5.74) is 7.06.